The van der Waals surface area contributed by atoms with E-state index < -0.39 is 11.8 Å². The van der Waals surface area contributed by atoms with E-state index in [9.17, 15) is 15.0 Å². The van der Waals surface area contributed by atoms with Crippen LogP contribution in [0.2, 0.25) is 0 Å². The predicted octanol–water partition coefficient (Wildman–Crippen LogP) is 6.39. The summed E-state index contributed by atoms with van der Waals surface area (Å²) in [4.78, 5) is 31.5. The van der Waals surface area contributed by atoms with E-state index in [0.29, 0.717) is 31.4 Å². The molecule has 0 saturated carbocycles. The standard InChI is InChI=1S/C35H35N4O4.Fe/c1-7-22-18(3)26-13-27-20(5)24(9-10-34(40)41)32(38-27)16-33-25(11-12-35(42)17-43-35)21(6)29(39-33)15-31-23(8-2)19(4)28(37-31)14-30(22)36-26;/h7-8,13-16,42H,1-2,9-12,17H2,3-6H3,(H2-,36,37,38,39,40,41);/q-1;+2/p-1/t35-;/m1./s1. The predicted molar refractivity (Wildman–Crippen MR) is 170 cm³/mol. The molecule has 0 amide bonds. The van der Waals surface area contributed by atoms with Crippen LogP contribution >= 0.6 is 0 Å². The smallest absolute Gasteiger partial charge is 0.657 e. The van der Waals surface area contributed by atoms with E-state index in [1.807, 2.05) is 64.1 Å². The van der Waals surface area contributed by atoms with Gasteiger partial charge in [0.05, 0.1) is 22.8 Å². The van der Waals surface area contributed by atoms with Crippen LogP contribution in [-0.4, -0.2) is 38.5 Å². The SMILES string of the molecule is C=CC1=C(C)c2cc3[n-]c(cc4nc(cc5[n-]c(cc1n2)c(C)c5C=C)C(C)=C4CC[C@]1(O)CO1)c(CCC(=O)O)c3C.[Fe+2]. The molecule has 0 spiro atoms. The van der Waals surface area contributed by atoms with Gasteiger partial charge in [0.2, 0.25) is 0 Å². The second kappa shape index (κ2) is 11.8. The largest absolute Gasteiger partial charge is 2.00 e. The van der Waals surface area contributed by atoms with E-state index in [2.05, 4.69) is 13.2 Å². The maximum Gasteiger partial charge on any atom is 2.00 e. The Kier molecular flexibility index (Phi) is 8.44. The minimum atomic E-state index is -1.09. The molecule has 3 aliphatic rings. The number of carbonyl (C=O) groups is 1. The summed E-state index contributed by atoms with van der Waals surface area (Å²) in [6.07, 6.45) is 4.95. The molecular weight excluding hydrogens is 596 g/mol. The number of aliphatic carboxylic acids is 1. The third-order valence-electron chi connectivity index (χ3n) is 8.72. The second-order valence-electron chi connectivity index (χ2n) is 11.4. The fourth-order valence-corrected chi connectivity index (χ4v) is 5.93. The van der Waals surface area contributed by atoms with Gasteiger partial charge in [0.1, 0.15) is 6.61 Å². The molecule has 1 atom stereocenters. The van der Waals surface area contributed by atoms with Crippen molar-refractivity contribution in [2.45, 2.75) is 59.2 Å². The van der Waals surface area contributed by atoms with E-state index in [1.165, 1.54) is 0 Å². The molecule has 9 heteroatoms. The summed E-state index contributed by atoms with van der Waals surface area (Å²) in [5.41, 5.74) is 13.6. The molecule has 6 heterocycles. The number of aromatic nitrogens is 4. The number of carboxylic acid groups (broad SMARTS) is 1. The number of allylic oxidation sites excluding steroid dienone is 5. The van der Waals surface area contributed by atoms with Gasteiger partial charge in [-0.2, -0.15) is 0 Å². The summed E-state index contributed by atoms with van der Waals surface area (Å²) in [5, 5.41) is 19.9. The van der Waals surface area contributed by atoms with Crippen LogP contribution in [0, 0.1) is 13.8 Å². The molecular formula is C35H34FeN4O4. The fraction of sp³-hybridized carbons (Fsp3) is 0.286. The Balaban J connectivity index is 0.00000384. The molecule has 8 nitrogen and oxygen atoms in total. The van der Waals surface area contributed by atoms with E-state index in [0.717, 1.165) is 83.9 Å². The number of aliphatic hydroxyl groups is 1. The summed E-state index contributed by atoms with van der Waals surface area (Å²) in [6, 6.07) is 7.85. The number of hydrogen-bond donors (Lipinski definition) is 2. The molecule has 0 aromatic carbocycles. The van der Waals surface area contributed by atoms with Crippen LogP contribution in [0.3, 0.4) is 0 Å². The quantitative estimate of drug-likeness (QED) is 0.217. The van der Waals surface area contributed by atoms with Gasteiger partial charge in [-0.15, -0.1) is 22.1 Å². The van der Waals surface area contributed by atoms with Crippen molar-refractivity contribution in [2.75, 3.05) is 6.61 Å². The molecule has 44 heavy (non-hydrogen) atoms. The molecule has 2 N–H and O–H groups in total. The summed E-state index contributed by atoms with van der Waals surface area (Å²) < 4.78 is 5.25. The van der Waals surface area contributed by atoms with Crippen molar-refractivity contribution >= 4 is 56.4 Å². The molecule has 0 unspecified atom stereocenters. The third kappa shape index (κ3) is 5.64. The molecule has 3 aromatic rings. The average molecular weight is 631 g/mol. The van der Waals surface area contributed by atoms with Crippen molar-refractivity contribution in [3.05, 3.63) is 88.5 Å². The topological polar surface area (TPSA) is 124 Å². The van der Waals surface area contributed by atoms with Crippen LogP contribution in [0.25, 0.3) is 50.4 Å². The molecule has 1 saturated heterocycles. The van der Waals surface area contributed by atoms with Crippen LogP contribution in [-0.2, 0) is 33.0 Å². The first-order chi connectivity index (χ1) is 20.5. The van der Waals surface area contributed by atoms with Gasteiger partial charge in [0.15, 0.2) is 5.79 Å². The van der Waals surface area contributed by atoms with E-state index >= 15 is 0 Å². The van der Waals surface area contributed by atoms with E-state index in [-0.39, 0.29) is 23.5 Å². The van der Waals surface area contributed by atoms with Crippen molar-refractivity contribution < 1.29 is 36.8 Å². The fourth-order valence-electron chi connectivity index (χ4n) is 5.93. The number of carboxylic acids is 1. The molecule has 0 aliphatic carbocycles. The van der Waals surface area contributed by atoms with Gasteiger partial charge in [0, 0.05) is 18.4 Å². The second-order valence-corrected chi connectivity index (χ2v) is 11.4. The third-order valence-corrected chi connectivity index (χ3v) is 8.72. The van der Waals surface area contributed by atoms with Crippen LogP contribution in [0.1, 0.15) is 78.1 Å². The molecule has 6 rings (SSSR count). The van der Waals surface area contributed by atoms with Crippen LogP contribution in [0.4, 0.5) is 0 Å². The maximum absolute atomic E-state index is 11.6. The maximum atomic E-state index is 11.6. The van der Waals surface area contributed by atoms with Crippen molar-refractivity contribution in [3.63, 3.8) is 0 Å². The average Bonchev–Trinajstić information content (AvgIpc) is 3.21. The van der Waals surface area contributed by atoms with Crippen molar-refractivity contribution in [2.24, 2.45) is 0 Å². The molecule has 3 aromatic heterocycles. The first-order valence-electron chi connectivity index (χ1n) is 14.4. The van der Waals surface area contributed by atoms with Crippen molar-refractivity contribution in [1.82, 2.24) is 19.9 Å². The van der Waals surface area contributed by atoms with Gasteiger partial charge in [-0.25, -0.2) is 9.97 Å². The Bertz CT molecular complexity index is 1960. The zero-order valence-corrected chi connectivity index (χ0v) is 26.4. The number of epoxide rings is 1. The molecule has 226 valence electrons. The number of rotatable bonds is 8. The van der Waals surface area contributed by atoms with Crippen LogP contribution in [0.5, 0.6) is 0 Å². The number of fused-ring (bicyclic) bond motifs is 8. The Labute approximate surface area is 266 Å². The van der Waals surface area contributed by atoms with E-state index in [4.69, 9.17) is 24.7 Å². The Morgan fingerprint density at radius 2 is 1.48 bits per heavy atom. The number of nitrogens with zero attached hydrogens (tertiary/aromatic N) is 4. The van der Waals surface area contributed by atoms with Crippen LogP contribution in [0.15, 0.2) is 43.5 Å². The normalized spacial score (nSPS) is 17.5. The van der Waals surface area contributed by atoms with Gasteiger partial charge in [0.25, 0.3) is 0 Å². The monoisotopic (exact) mass is 630 g/mol. The summed E-state index contributed by atoms with van der Waals surface area (Å²) in [5.74, 6) is -1.96. The molecule has 1 fully saturated rings. The molecule has 3 aliphatic heterocycles. The Hall–Kier alpha value is -4.01. The summed E-state index contributed by atoms with van der Waals surface area (Å²) >= 11 is 0. The van der Waals surface area contributed by atoms with Gasteiger partial charge in [-0.1, -0.05) is 66.3 Å². The minimum absolute atomic E-state index is 0. The first-order valence-corrected chi connectivity index (χ1v) is 14.4. The van der Waals surface area contributed by atoms with Crippen molar-refractivity contribution in [3.8, 4) is 0 Å². The number of ether oxygens (including phenoxy) is 1. The Morgan fingerprint density at radius 3 is 2.14 bits per heavy atom. The Morgan fingerprint density at radius 1 is 0.886 bits per heavy atom. The summed E-state index contributed by atoms with van der Waals surface area (Å²) in [6.45, 7) is 16.5. The van der Waals surface area contributed by atoms with Gasteiger partial charge in [-0.3, -0.25) is 4.79 Å². The zero-order chi connectivity index (χ0) is 30.6. The number of aryl methyl sites for hydroxylation is 3. The minimum Gasteiger partial charge on any atom is -0.657 e. The van der Waals surface area contributed by atoms with Gasteiger partial charge >= 0.3 is 23.0 Å². The van der Waals surface area contributed by atoms with Crippen molar-refractivity contribution in [1.29, 1.82) is 0 Å². The van der Waals surface area contributed by atoms with E-state index in [1.54, 1.807) is 0 Å². The van der Waals surface area contributed by atoms with Gasteiger partial charge in [-0.05, 0) is 62.8 Å². The summed E-state index contributed by atoms with van der Waals surface area (Å²) in [7, 11) is 0. The van der Waals surface area contributed by atoms with Crippen LogP contribution < -0.4 is 9.97 Å². The molecule has 0 radical (unpaired) electrons. The van der Waals surface area contributed by atoms with Gasteiger partial charge < -0.3 is 24.9 Å². The number of hydrogen-bond acceptors (Lipinski definition) is 5. The first kappa shape index (κ1) is 31.4. The zero-order valence-electron chi connectivity index (χ0n) is 25.3. The molecule has 8 bridgehead atoms.